The van der Waals surface area contributed by atoms with Crippen LogP contribution in [0.4, 0.5) is 5.82 Å². The van der Waals surface area contributed by atoms with E-state index in [1.807, 2.05) is 0 Å². The van der Waals surface area contributed by atoms with E-state index in [1.54, 1.807) is 12.5 Å². The molecule has 24 heavy (non-hydrogen) atoms. The van der Waals surface area contributed by atoms with Gasteiger partial charge in [-0.25, -0.2) is 9.97 Å². The number of piperidine rings is 1. The third kappa shape index (κ3) is 3.38. The summed E-state index contributed by atoms with van der Waals surface area (Å²) in [5, 5.41) is 11.2. The Bertz CT molecular complexity index is 789. The Balaban J connectivity index is 1.37. The Morgan fingerprint density at radius 3 is 2.62 bits per heavy atom. The lowest BCUT2D eigenvalue weighted by Gasteiger charge is -2.26. The third-order valence-electron chi connectivity index (χ3n) is 4.59. The van der Waals surface area contributed by atoms with Gasteiger partial charge in [0.2, 0.25) is 0 Å². The molecule has 3 heterocycles. The second kappa shape index (κ2) is 6.97. The first-order valence-corrected chi connectivity index (χ1v) is 8.56. The first kappa shape index (κ1) is 15.1. The van der Waals surface area contributed by atoms with Crippen LogP contribution in [0.25, 0.3) is 11.0 Å². The zero-order valence-corrected chi connectivity index (χ0v) is 13.7. The van der Waals surface area contributed by atoms with Crippen molar-refractivity contribution in [2.45, 2.75) is 32.4 Å². The van der Waals surface area contributed by atoms with E-state index in [0.717, 1.165) is 29.9 Å². The number of aromatic nitrogens is 4. The number of anilines is 1. The van der Waals surface area contributed by atoms with E-state index in [4.69, 9.17) is 0 Å². The quantitative estimate of drug-likeness (QED) is 0.756. The van der Waals surface area contributed by atoms with Crippen LogP contribution in [0.3, 0.4) is 0 Å². The first-order valence-electron chi connectivity index (χ1n) is 8.56. The minimum atomic E-state index is 0.737. The van der Waals surface area contributed by atoms with Gasteiger partial charge >= 0.3 is 0 Å². The van der Waals surface area contributed by atoms with Crippen molar-refractivity contribution in [3.8, 4) is 0 Å². The SMILES string of the molecule is c1nc(NCc2ccc(CN3CCCCC3)cc2)c2cn[nH]c2n1. The van der Waals surface area contributed by atoms with Crippen LogP contribution in [-0.4, -0.2) is 38.2 Å². The third-order valence-corrected chi connectivity index (χ3v) is 4.59. The van der Waals surface area contributed by atoms with Crippen molar-refractivity contribution in [2.24, 2.45) is 0 Å². The summed E-state index contributed by atoms with van der Waals surface area (Å²) in [6, 6.07) is 8.86. The largest absolute Gasteiger partial charge is 0.365 e. The lowest BCUT2D eigenvalue weighted by molar-refractivity contribution is 0.221. The average molecular weight is 322 g/mol. The topological polar surface area (TPSA) is 69.7 Å². The molecule has 0 amide bonds. The molecule has 124 valence electrons. The Hall–Kier alpha value is -2.47. The summed E-state index contributed by atoms with van der Waals surface area (Å²) in [5.74, 6) is 0.811. The molecule has 0 bridgehead atoms. The summed E-state index contributed by atoms with van der Waals surface area (Å²) in [5.41, 5.74) is 3.39. The van der Waals surface area contributed by atoms with Crippen LogP contribution in [-0.2, 0) is 13.1 Å². The van der Waals surface area contributed by atoms with Crippen LogP contribution >= 0.6 is 0 Å². The van der Waals surface area contributed by atoms with E-state index >= 15 is 0 Å². The Morgan fingerprint density at radius 2 is 1.79 bits per heavy atom. The van der Waals surface area contributed by atoms with Crippen molar-refractivity contribution in [2.75, 3.05) is 18.4 Å². The molecule has 1 saturated heterocycles. The highest BCUT2D eigenvalue weighted by Gasteiger charge is 2.10. The second-order valence-corrected chi connectivity index (χ2v) is 6.36. The van der Waals surface area contributed by atoms with Gasteiger partial charge in [0.25, 0.3) is 0 Å². The van der Waals surface area contributed by atoms with Crippen molar-refractivity contribution < 1.29 is 0 Å². The number of nitrogens with zero attached hydrogens (tertiary/aromatic N) is 4. The highest BCUT2D eigenvalue weighted by atomic mass is 15.2. The fourth-order valence-corrected chi connectivity index (χ4v) is 3.23. The molecular formula is C18H22N6. The highest BCUT2D eigenvalue weighted by Crippen LogP contribution is 2.18. The standard InChI is InChI=1S/C18H22N6/c1-2-8-24(9-3-1)12-15-6-4-14(5-7-15)10-19-17-16-11-22-23-18(16)21-13-20-17/h4-7,11,13H,1-3,8-10,12H2,(H2,19,20,21,22,23). The normalized spacial score (nSPS) is 15.7. The van der Waals surface area contributed by atoms with Crippen molar-refractivity contribution in [3.05, 3.63) is 47.9 Å². The van der Waals surface area contributed by atoms with Gasteiger partial charge in [0.1, 0.15) is 12.1 Å². The predicted molar refractivity (Wildman–Crippen MR) is 94.6 cm³/mol. The molecule has 0 aliphatic carbocycles. The Kier molecular flexibility index (Phi) is 4.38. The molecule has 6 heteroatoms. The Morgan fingerprint density at radius 1 is 1.00 bits per heavy atom. The number of aromatic amines is 1. The first-order chi connectivity index (χ1) is 11.9. The summed E-state index contributed by atoms with van der Waals surface area (Å²) in [7, 11) is 0. The van der Waals surface area contributed by atoms with Gasteiger partial charge in [-0.15, -0.1) is 0 Å². The van der Waals surface area contributed by atoms with Gasteiger partial charge in [-0.3, -0.25) is 10.00 Å². The summed E-state index contributed by atoms with van der Waals surface area (Å²) in [4.78, 5) is 11.0. The maximum absolute atomic E-state index is 4.30. The number of nitrogens with one attached hydrogen (secondary N) is 2. The molecule has 3 aromatic rings. The van der Waals surface area contributed by atoms with E-state index in [1.165, 1.54) is 43.5 Å². The zero-order chi connectivity index (χ0) is 16.2. The van der Waals surface area contributed by atoms with E-state index in [9.17, 15) is 0 Å². The molecule has 1 fully saturated rings. The maximum Gasteiger partial charge on any atom is 0.160 e. The summed E-state index contributed by atoms with van der Waals surface area (Å²) in [6.07, 6.45) is 7.35. The molecule has 1 aliphatic rings. The highest BCUT2D eigenvalue weighted by molar-refractivity contribution is 5.85. The van der Waals surface area contributed by atoms with Gasteiger partial charge in [-0.2, -0.15) is 5.10 Å². The number of H-pyrrole nitrogens is 1. The van der Waals surface area contributed by atoms with E-state index in [-0.39, 0.29) is 0 Å². The zero-order valence-electron chi connectivity index (χ0n) is 13.7. The number of fused-ring (bicyclic) bond motifs is 1. The van der Waals surface area contributed by atoms with Gasteiger partial charge < -0.3 is 5.32 Å². The molecular weight excluding hydrogens is 300 g/mol. The van der Waals surface area contributed by atoms with Crippen LogP contribution in [0.15, 0.2) is 36.8 Å². The van der Waals surface area contributed by atoms with Crippen LogP contribution in [0.1, 0.15) is 30.4 Å². The number of rotatable bonds is 5. The molecule has 4 rings (SSSR count). The molecule has 6 nitrogen and oxygen atoms in total. The molecule has 0 saturated carbocycles. The molecule has 0 atom stereocenters. The molecule has 1 aromatic carbocycles. The van der Waals surface area contributed by atoms with Crippen LogP contribution in [0.5, 0.6) is 0 Å². The fraction of sp³-hybridized carbons (Fsp3) is 0.389. The van der Waals surface area contributed by atoms with Gasteiger partial charge in [-0.05, 0) is 37.1 Å². The molecule has 0 spiro atoms. The fourth-order valence-electron chi connectivity index (χ4n) is 3.23. The second-order valence-electron chi connectivity index (χ2n) is 6.36. The van der Waals surface area contributed by atoms with Gasteiger partial charge in [0.15, 0.2) is 5.65 Å². The van der Waals surface area contributed by atoms with Crippen molar-refractivity contribution in [1.82, 2.24) is 25.1 Å². The van der Waals surface area contributed by atoms with Crippen molar-refractivity contribution in [3.63, 3.8) is 0 Å². The van der Waals surface area contributed by atoms with E-state index in [2.05, 4.69) is 54.6 Å². The van der Waals surface area contributed by atoms with Crippen molar-refractivity contribution >= 4 is 16.9 Å². The Labute approximate surface area is 141 Å². The van der Waals surface area contributed by atoms with Crippen molar-refractivity contribution in [1.29, 1.82) is 0 Å². The van der Waals surface area contributed by atoms with Gasteiger partial charge in [-0.1, -0.05) is 30.7 Å². The minimum absolute atomic E-state index is 0.737. The van der Waals surface area contributed by atoms with Crippen LogP contribution in [0.2, 0.25) is 0 Å². The maximum atomic E-state index is 4.30. The smallest absolute Gasteiger partial charge is 0.160 e. The van der Waals surface area contributed by atoms with E-state index < -0.39 is 0 Å². The number of hydrogen-bond donors (Lipinski definition) is 2. The van der Waals surface area contributed by atoms with E-state index in [0.29, 0.717) is 0 Å². The van der Waals surface area contributed by atoms with Gasteiger partial charge in [0.05, 0.1) is 11.6 Å². The van der Waals surface area contributed by atoms with Gasteiger partial charge in [0, 0.05) is 13.1 Å². The van der Waals surface area contributed by atoms with Crippen LogP contribution in [0, 0.1) is 0 Å². The predicted octanol–water partition coefficient (Wildman–Crippen LogP) is 2.95. The summed E-state index contributed by atoms with van der Waals surface area (Å²) in [6.45, 7) is 4.27. The molecule has 2 aromatic heterocycles. The monoisotopic (exact) mass is 322 g/mol. The molecule has 0 radical (unpaired) electrons. The molecule has 2 N–H and O–H groups in total. The average Bonchev–Trinajstić information content (AvgIpc) is 3.11. The lowest BCUT2D eigenvalue weighted by atomic mass is 10.1. The lowest BCUT2D eigenvalue weighted by Crippen LogP contribution is -2.29. The minimum Gasteiger partial charge on any atom is -0.365 e. The summed E-state index contributed by atoms with van der Waals surface area (Å²) >= 11 is 0. The number of benzene rings is 1. The number of likely N-dealkylation sites (tertiary alicyclic amines) is 1. The summed E-state index contributed by atoms with van der Waals surface area (Å²) < 4.78 is 0. The molecule has 0 unspecified atom stereocenters. The molecule has 1 aliphatic heterocycles. The van der Waals surface area contributed by atoms with Crippen LogP contribution < -0.4 is 5.32 Å². The number of hydrogen-bond acceptors (Lipinski definition) is 5.